The average Bonchev–Trinajstić information content (AvgIpc) is 3.44. The van der Waals surface area contributed by atoms with Crippen molar-refractivity contribution in [2.45, 2.75) is 26.3 Å². The van der Waals surface area contributed by atoms with Crippen LogP contribution in [0.25, 0.3) is 5.57 Å². The van der Waals surface area contributed by atoms with Gasteiger partial charge in [-0.2, -0.15) is 0 Å². The summed E-state index contributed by atoms with van der Waals surface area (Å²) in [5, 5.41) is 5.19. The predicted molar refractivity (Wildman–Crippen MR) is 134 cm³/mol. The second-order valence-electron chi connectivity index (χ2n) is 8.75. The lowest BCUT2D eigenvalue weighted by Gasteiger charge is -2.32. The number of hydrogen-bond donors (Lipinski definition) is 1. The molecule has 2 amide bonds. The van der Waals surface area contributed by atoms with Crippen LogP contribution in [-0.2, 0) is 16.1 Å². The first kappa shape index (κ1) is 21.5. The Morgan fingerprint density at radius 3 is 2.30 bits per heavy atom. The lowest BCUT2D eigenvalue weighted by atomic mass is 9.99. The van der Waals surface area contributed by atoms with Crippen LogP contribution in [0.4, 0.5) is 11.4 Å². The van der Waals surface area contributed by atoms with Crippen LogP contribution >= 0.6 is 11.3 Å². The summed E-state index contributed by atoms with van der Waals surface area (Å²) < 4.78 is 0. The minimum Gasteiger partial charge on any atom is -0.372 e. The molecule has 2 aromatic carbocycles. The van der Waals surface area contributed by atoms with Crippen molar-refractivity contribution in [2.24, 2.45) is 5.92 Å². The highest BCUT2D eigenvalue weighted by molar-refractivity contribution is 7.11. The third-order valence-electron chi connectivity index (χ3n) is 6.40. The van der Waals surface area contributed by atoms with Gasteiger partial charge in [0.05, 0.1) is 12.1 Å². The van der Waals surface area contributed by atoms with Crippen molar-refractivity contribution in [1.29, 1.82) is 0 Å². The maximum absolute atomic E-state index is 13.4. The first-order valence-electron chi connectivity index (χ1n) is 11.4. The van der Waals surface area contributed by atoms with Gasteiger partial charge >= 0.3 is 0 Å². The maximum atomic E-state index is 13.4. The van der Waals surface area contributed by atoms with Crippen LogP contribution in [0.3, 0.4) is 0 Å². The predicted octanol–water partition coefficient (Wildman–Crippen LogP) is 5.38. The quantitative estimate of drug-likeness (QED) is 0.505. The molecule has 2 aliphatic heterocycles. The number of thiophene rings is 1. The molecule has 168 valence electrons. The molecule has 1 fully saturated rings. The topological polar surface area (TPSA) is 52.7 Å². The fourth-order valence-electron chi connectivity index (χ4n) is 4.42. The van der Waals surface area contributed by atoms with E-state index in [2.05, 4.69) is 29.3 Å². The highest BCUT2D eigenvalue weighted by Crippen LogP contribution is 2.34. The molecule has 0 saturated carbocycles. The van der Waals surface area contributed by atoms with E-state index in [0.717, 1.165) is 35.1 Å². The van der Waals surface area contributed by atoms with E-state index in [1.807, 2.05) is 60.0 Å². The van der Waals surface area contributed by atoms with Gasteiger partial charge in [-0.05, 0) is 60.0 Å². The standard InChI is InChI=1S/C27H27N3O2S/c1-19-13-15-29(16-14-19)22-11-9-21(10-12-22)28-25-24(23-8-5-17-33-23)26(31)30(27(25)32)18-20-6-3-2-4-7-20/h2-12,17,19,28H,13-16,18H2,1H3. The van der Waals surface area contributed by atoms with Crippen molar-refractivity contribution >= 4 is 40.1 Å². The van der Waals surface area contributed by atoms with Crippen molar-refractivity contribution in [3.05, 3.63) is 88.2 Å². The van der Waals surface area contributed by atoms with Gasteiger partial charge in [0.1, 0.15) is 5.70 Å². The number of imide groups is 1. The number of piperidine rings is 1. The fourth-order valence-corrected chi connectivity index (χ4v) is 5.19. The molecule has 1 aromatic heterocycles. The van der Waals surface area contributed by atoms with Gasteiger partial charge < -0.3 is 10.2 Å². The normalized spacial score (nSPS) is 17.2. The van der Waals surface area contributed by atoms with Crippen molar-refractivity contribution in [1.82, 2.24) is 4.90 Å². The largest absolute Gasteiger partial charge is 0.372 e. The lowest BCUT2D eigenvalue weighted by Crippen LogP contribution is -2.32. The van der Waals surface area contributed by atoms with Crippen LogP contribution in [0.1, 0.15) is 30.2 Å². The van der Waals surface area contributed by atoms with Crippen LogP contribution in [0.5, 0.6) is 0 Å². The molecule has 0 bridgehead atoms. The molecule has 33 heavy (non-hydrogen) atoms. The van der Waals surface area contributed by atoms with E-state index < -0.39 is 0 Å². The molecule has 3 heterocycles. The first-order chi connectivity index (χ1) is 16.1. The van der Waals surface area contributed by atoms with Crippen molar-refractivity contribution in [3.63, 3.8) is 0 Å². The van der Waals surface area contributed by atoms with Gasteiger partial charge in [-0.15, -0.1) is 11.3 Å². The van der Waals surface area contributed by atoms with Gasteiger partial charge in [-0.3, -0.25) is 14.5 Å². The molecule has 1 saturated heterocycles. The van der Waals surface area contributed by atoms with Crippen LogP contribution in [0, 0.1) is 5.92 Å². The Balaban J connectivity index is 1.39. The van der Waals surface area contributed by atoms with Crippen LogP contribution < -0.4 is 10.2 Å². The zero-order valence-electron chi connectivity index (χ0n) is 18.7. The summed E-state index contributed by atoms with van der Waals surface area (Å²) >= 11 is 1.47. The molecule has 2 aliphatic rings. The van der Waals surface area contributed by atoms with Crippen LogP contribution in [0.2, 0.25) is 0 Å². The highest BCUT2D eigenvalue weighted by Gasteiger charge is 2.39. The minimum atomic E-state index is -0.290. The number of carbonyl (C=O) groups is 2. The van der Waals surface area contributed by atoms with E-state index in [0.29, 0.717) is 11.3 Å². The maximum Gasteiger partial charge on any atom is 0.278 e. The Morgan fingerprint density at radius 1 is 0.909 bits per heavy atom. The smallest absolute Gasteiger partial charge is 0.278 e. The molecule has 0 atom stereocenters. The Bertz CT molecular complexity index is 1160. The number of amides is 2. The second-order valence-corrected chi connectivity index (χ2v) is 9.70. The number of nitrogens with zero attached hydrogens (tertiary/aromatic N) is 2. The van der Waals surface area contributed by atoms with Gasteiger partial charge in [0, 0.05) is 29.3 Å². The summed E-state index contributed by atoms with van der Waals surface area (Å²) in [4.78, 5) is 31.2. The zero-order chi connectivity index (χ0) is 22.8. The van der Waals surface area contributed by atoms with E-state index in [9.17, 15) is 9.59 Å². The highest BCUT2D eigenvalue weighted by atomic mass is 32.1. The van der Waals surface area contributed by atoms with Gasteiger partial charge in [-0.1, -0.05) is 43.3 Å². The summed E-state index contributed by atoms with van der Waals surface area (Å²) in [7, 11) is 0. The Kier molecular flexibility index (Phi) is 6.01. The van der Waals surface area contributed by atoms with Crippen molar-refractivity contribution < 1.29 is 9.59 Å². The third kappa shape index (κ3) is 4.44. The molecule has 5 nitrogen and oxygen atoms in total. The zero-order valence-corrected chi connectivity index (χ0v) is 19.5. The second kappa shape index (κ2) is 9.24. The van der Waals surface area contributed by atoms with E-state index in [1.165, 1.54) is 34.8 Å². The third-order valence-corrected chi connectivity index (χ3v) is 7.29. The summed E-state index contributed by atoms with van der Waals surface area (Å²) in [5.41, 5.74) is 3.71. The molecular weight excluding hydrogens is 430 g/mol. The molecule has 5 rings (SSSR count). The van der Waals surface area contributed by atoms with E-state index in [-0.39, 0.29) is 18.4 Å². The van der Waals surface area contributed by atoms with Crippen molar-refractivity contribution in [2.75, 3.05) is 23.3 Å². The molecule has 0 radical (unpaired) electrons. The van der Waals surface area contributed by atoms with E-state index in [1.54, 1.807) is 0 Å². The SMILES string of the molecule is CC1CCN(c2ccc(NC3=C(c4cccs4)C(=O)N(Cc4ccccc4)C3=O)cc2)CC1. The Labute approximate surface area is 198 Å². The molecule has 0 unspecified atom stereocenters. The molecule has 0 aliphatic carbocycles. The summed E-state index contributed by atoms with van der Waals surface area (Å²) in [6.45, 7) is 4.71. The number of nitrogens with one attached hydrogen (secondary N) is 1. The number of rotatable bonds is 6. The first-order valence-corrected chi connectivity index (χ1v) is 12.3. The van der Waals surface area contributed by atoms with Gasteiger partial charge in [-0.25, -0.2) is 0 Å². The number of hydrogen-bond acceptors (Lipinski definition) is 5. The Morgan fingerprint density at radius 2 is 1.64 bits per heavy atom. The molecule has 3 aromatic rings. The van der Waals surface area contributed by atoms with E-state index >= 15 is 0 Å². The fraction of sp³-hybridized carbons (Fsp3) is 0.259. The van der Waals surface area contributed by atoms with Gasteiger partial charge in [0.2, 0.25) is 0 Å². The average molecular weight is 458 g/mol. The van der Waals surface area contributed by atoms with Gasteiger partial charge in [0.25, 0.3) is 11.8 Å². The molecule has 6 heteroatoms. The number of anilines is 2. The van der Waals surface area contributed by atoms with Crippen molar-refractivity contribution in [3.8, 4) is 0 Å². The number of benzene rings is 2. The summed E-state index contributed by atoms with van der Waals surface area (Å²) in [5.74, 6) is 0.240. The summed E-state index contributed by atoms with van der Waals surface area (Å²) in [6.07, 6.45) is 2.43. The molecule has 1 N–H and O–H groups in total. The number of carbonyl (C=O) groups excluding carboxylic acids is 2. The van der Waals surface area contributed by atoms with Crippen LogP contribution in [0.15, 0.2) is 77.8 Å². The molecule has 0 spiro atoms. The lowest BCUT2D eigenvalue weighted by molar-refractivity contribution is -0.137. The molecular formula is C27H27N3O2S. The van der Waals surface area contributed by atoms with Gasteiger partial charge in [0.15, 0.2) is 0 Å². The van der Waals surface area contributed by atoms with Crippen LogP contribution in [-0.4, -0.2) is 29.8 Å². The summed E-state index contributed by atoms with van der Waals surface area (Å²) in [6, 6.07) is 21.6. The monoisotopic (exact) mass is 457 g/mol. The minimum absolute atomic E-state index is 0.255. The van der Waals surface area contributed by atoms with E-state index in [4.69, 9.17) is 0 Å². The Hall–Kier alpha value is -3.38.